The second kappa shape index (κ2) is 6.89. The van der Waals surface area contributed by atoms with E-state index in [2.05, 4.69) is 10.6 Å². The molecule has 5 nitrogen and oxygen atoms in total. The van der Waals surface area contributed by atoms with Crippen molar-refractivity contribution in [2.75, 3.05) is 19.5 Å². The molecule has 2 amide bonds. The number of carbonyl (C=O) groups excluding carboxylic acids is 2. The van der Waals surface area contributed by atoms with Crippen LogP contribution in [0.15, 0.2) is 18.2 Å². The van der Waals surface area contributed by atoms with Gasteiger partial charge in [0.2, 0.25) is 0 Å². The van der Waals surface area contributed by atoms with Gasteiger partial charge in [0.05, 0.1) is 0 Å². The van der Waals surface area contributed by atoms with Crippen molar-refractivity contribution < 1.29 is 14.3 Å². The molecule has 0 aliphatic carbocycles. The summed E-state index contributed by atoms with van der Waals surface area (Å²) in [5.41, 5.74) is 2.09. The molecule has 19 heavy (non-hydrogen) atoms. The lowest BCUT2D eigenvalue weighted by molar-refractivity contribution is -0.125. The number of hydrogen-bond acceptors (Lipinski definition) is 3. The minimum atomic E-state index is -0.460. The number of methoxy groups -OCH3 is 1. The summed E-state index contributed by atoms with van der Waals surface area (Å²) >= 11 is 0. The van der Waals surface area contributed by atoms with E-state index < -0.39 is 6.10 Å². The lowest BCUT2D eigenvalue weighted by atomic mass is 10.1. The van der Waals surface area contributed by atoms with Crippen LogP contribution < -0.4 is 10.6 Å². The third-order valence-electron chi connectivity index (χ3n) is 2.92. The van der Waals surface area contributed by atoms with Crippen LogP contribution in [0, 0.1) is 6.92 Å². The van der Waals surface area contributed by atoms with Gasteiger partial charge in [0.15, 0.2) is 0 Å². The van der Waals surface area contributed by atoms with E-state index in [1.807, 2.05) is 13.8 Å². The maximum absolute atomic E-state index is 11.9. The smallest absolute Gasteiger partial charge is 0.253 e. The first-order valence-electron chi connectivity index (χ1n) is 6.19. The molecule has 0 aliphatic heterocycles. The highest BCUT2D eigenvalue weighted by Crippen LogP contribution is 2.17. The van der Waals surface area contributed by atoms with Crippen LogP contribution in [0.1, 0.15) is 29.3 Å². The van der Waals surface area contributed by atoms with E-state index in [1.165, 1.54) is 7.11 Å². The van der Waals surface area contributed by atoms with E-state index in [-0.39, 0.29) is 11.8 Å². The molecule has 0 saturated heterocycles. The third-order valence-corrected chi connectivity index (χ3v) is 2.92. The van der Waals surface area contributed by atoms with Crippen LogP contribution in [0.2, 0.25) is 0 Å². The number of anilines is 1. The minimum Gasteiger partial charge on any atom is -0.372 e. The van der Waals surface area contributed by atoms with Crippen LogP contribution in [-0.2, 0) is 9.53 Å². The van der Waals surface area contributed by atoms with Crippen LogP contribution in [0.3, 0.4) is 0 Å². The topological polar surface area (TPSA) is 67.4 Å². The molecule has 0 spiro atoms. The molecule has 1 atom stereocenters. The van der Waals surface area contributed by atoms with E-state index >= 15 is 0 Å². The quantitative estimate of drug-likeness (QED) is 0.851. The lowest BCUT2D eigenvalue weighted by Crippen LogP contribution is -2.29. The number of hydrogen-bond donors (Lipinski definition) is 2. The summed E-state index contributed by atoms with van der Waals surface area (Å²) in [6.45, 7) is 3.73. The van der Waals surface area contributed by atoms with Crippen molar-refractivity contribution in [2.24, 2.45) is 0 Å². The van der Waals surface area contributed by atoms with Gasteiger partial charge in [0.25, 0.3) is 11.8 Å². The van der Waals surface area contributed by atoms with Crippen LogP contribution in [0.5, 0.6) is 0 Å². The zero-order valence-corrected chi connectivity index (χ0v) is 11.7. The van der Waals surface area contributed by atoms with Gasteiger partial charge in [-0.3, -0.25) is 9.59 Å². The van der Waals surface area contributed by atoms with Crippen molar-refractivity contribution in [2.45, 2.75) is 26.4 Å². The molecular weight excluding hydrogens is 244 g/mol. The highest BCUT2D eigenvalue weighted by Gasteiger charge is 2.16. The van der Waals surface area contributed by atoms with E-state index in [1.54, 1.807) is 25.2 Å². The van der Waals surface area contributed by atoms with E-state index in [0.717, 1.165) is 5.56 Å². The van der Waals surface area contributed by atoms with Crippen molar-refractivity contribution in [3.05, 3.63) is 29.3 Å². The Balaban J connectivity index is 2.86. The van der Waals surface area contributed by atoms with E-state index in [0.29, 0.717) is 17.7 Å². The zero-order chi connectivity index (χ0) is 14.4. The first kappa shape index (κ1) is 15.2. The van der Waals surface area contributed by atoms with E-state index in [9.17, 15) is 9.59 Å². The number of aryl methyl sites for hydroxylation is 1. The first-order valence-corrected chi connectivity index (χ1v) is 6.19. The van der Waals surface area contributed by atoms with Gasteiger partial charge in [-0.1, -0.05) is 6.92 Å². The van der Waals surface area contributed by atoms with Crippen molar-refractivity contribution in [3.63, 3.8) is 0 Å². The Labute approximate surface area is 113 Å². The summed E-state index contributed by atoms with van der Waals surface area (Å²) < 4.78 is 5.08. The van der Waals surface area contributed by atoms with Gasteiger partial charge in [-0.25, -0.2) is 0 Å². The van der Waals surface area contributed by atoms with Gasteiger partial charge in [-0.15, -0.1) is 0 Å². The average Bonchev–Trinajstić information content (AvgIpc) is 2.41. The largest absolute Gasteiger partial charge is 0.372 e. The molecule has 0 heterocycles. The molecule has 0 bridgehead atoms. The molecule has 1 rings (SSSR count). The number of ether oxygens (including phenoxy) is 1. The van der Waals surface area contributed by atoms with Crippen molar-refractivity contribution >= 4 is 17.5 Å². The van der Waals surface area contributed by atoms with Crippen LogP contribution in [0.25, 0.3) is 0 Å². The molecule has 2 N–H and O–H groups in total. The fraction of sp³-hybridized carbons (Fsp3) is 0.429. The fourth-order valence-electron chi connectivity index (χ4n) is 1.76. The van der Waals surface area contributed by atoms with Crippen molar-refractivity contribution in [1.29, 1.82) is 0 Å². The standard InChI is InChI=1S/C14H20N2O3/c1-5-12(19-4)14(18)16-11-7-6-10(8-9(11)2)13(17)15-3/h6-8,12H,5H2,1-4H3,(H,15,17)(H,16,18). The van der Waals surface area contributed by atoms with Crippen LogP contribution >= 0.6 is 0 Å². The summed E-state index contributed by atoms with van der Waals surface area (Å²) in [4.78, 5) is 23.4. The summed E-state index contributed by atoms with van der Waals surface area (Å²) in [6, 6.07) is 5.14. The molecule has 1 unspecified atom stereocenters. The van der Waals surface area contributed by atoms with E-state index in [4.69, 9.17) is 4.74 Å². The number of benzene rings is 1. The molecule has 104 valence electrons. The van der Waals surface area contributed by atoms with Gasteiger partial charge in [0.1, 0.15) is 6.10 Å². The maximum Gasteiger partial charge on any atom is 0.253 e. The average molecular weight is 264 g/mol. The number of rotatable bonds is 5. The molecule has 0 radical (unpaired) electrons. The molecule has 0 aromatic heterocycles. The fourth-order valence-corrected chi connectivity index (χ4v) is 1.76. The summed E-state index contributed by atoms with van der Waals surface area (Å²) in [7, 11) is 3.09. The number of amides is 2. The molecule has 1 aromatic carbocycles. The summed E-state index contributed by atoms with van der Waals surface area (Å²) in [5, 5.41) is 5.36. The summed E-state index contributed by atoms with van der Waals surface area (Å²) in [6.07, 6.45) is 0.149. The highest BCUT2D eigenvalue weighted by molar-refractivity contribution is 5.97. The zero-order valence-electron chi connectivity index (χ0n) is 11.7. The molecule has 1 aromatic rings. The van der Waals surface area contributed by atoms with Crippen LogP contribution in [-0.4, -0.2) is 32.1 Å². The van der Waals surface area contributed by atoms with Gasteiger partial charge >= 0.3 is 0 Å². The second-order valence-electron chi connectivity index (χ2n) is 4.23. The van der Waals surface area contributed by atoms with Gasteiger partial charge in [-0.05, 0) is 37.1 Å². The predicted molar refractivity (Wildman–Crippen MR) is 74.3 cm³/mol. The number of carbonyl (C=O) groups is 2. The monoisotopic (exact) mass is 264 g/mol. The second-order valence-corrected chi connectivity index (χ2v) is 4.23. The predicted octanol–water partition coefficient (Wildman–Crippen LogP) is 1.72. The highest BCUT2D eigenvalue weighted by atomic mass is 16.5. The van der Waals surface area contributed by atoms with Gasteiger partial charge < -0.3 is 15.4 Å². The number of nitrogens with one attached hydrogen (secondary N) is 2. The third kappa shape index (κ3) is 3.79. The molecule has 0 aliphatic rings. The lowest BCUT2D eigenvalue weighted by Gasteiger charge is -2.15. The normalized spacial score (nSPS) is 11.8. The Bertz CT molecular complexity index is 468. The van der Waals surface area contributed by atoms with Crippen molar-refractivity contribution in [3.8, 4) is 0 Å². The Morgan fingerprint density at radius 3 is 2.53 bits per heavy atom. The SMILES string of the molecule is CCC(OC)C(=O)Nc1ccc(C(=O)NC)cc1C. The molecule has 0 saturated carbocycles. The van der Waals surface area contributed by atoms with Gasteiger partial charge in [-0.2, -0.15) is 0 Å². The first-order chi connectivity index (χ1) is 9.03. The Hall–Kier alpha value is -1.88. The summed E-state index contributed by atoms with van der Waals surface area (Å²) in [5.74, 6) is -0.329. The van der Waals surface area contributed by atoms with Gasteiger partial charge in [0, 0.05) is 25.4 Å². The molecular formula is C14H20N2O3. The Kier molecular flexibility index (Phi) is 5.51. The maximum atomic E-state index is 11.9. The minimum absolute atomic E-state index is 0.149. The molecule has 5 heteroatoms. The van der Waals surface area contributed by atoms with Crippen molar-refractivity contribution in [1.82, 2.24) is 5.32 Å². The Morgan fingerprint density at radius 1 is 1.37 bits per heavy atom. The Morgan fingerprint density at radius 2 is 2.05 bits per heavy atom. The van der Waals surface area contributed by atoms with Crippen LogP contribution in [0.4, 0.5) is 5.69 Å². The molecule has 0 fully saturated rings.